The zero-order valence-corrected chi connectivity index (χ0v) is 16.1. The smallest absolute Gasteiger partial charge is 0.271 e. The number of carbonyl (C=O) groups is 2. The van der Waals surface area contributed by atoms with Crippen LogP contribution in [0.5, 0.6) is 0 Å². The third-order valence-corrected chi connectivity index (χ3v) is 6.54. The van der Waals surface area contributed by atoms with Crippen LogP contribution in [0.3, 0.4) is 0 Å². The summed E-state index contributed by atoms with van der Waals surface area (Å²) in [5.74, 6) is 0.352. The first-order valence-corrected chi connectivity index (χ1v) is 10.1. The lowest BCUT2D eigenvalue weighted by Gasteiger charge is -2.29. The van der Waals surface area contributed by atoms with Crippen molar-refractivity contribution >= 4 is 17.9 Å². The van der Waals surface area contributed by atoms with Crippen LogP contribution in [-0.4, -0.2) is 58.3 Å². The summed E-state index contributed by atoms with van der Waals surface area (Å²) in [5.41, 5.74) is 1.25. The van der Waals surface area contributed by atoms with E-state index in [1.165, 1.54) is 0 Å². The summed E-state index contributed by atoms with van der Waals surface area (Å²) >= 11 is 0. The molecule has 7 nitrogen and oxygen atoms in total. The highest BCUT2D eigenvalue weighted by molar-refractivity contribution is 5.92. The summed E-state index contributed by atoms with van der Waals surface area (Å²) in [6.45, 7) is 1.85. The fourth-order valence-corrected chi connectivity index (χ4v) is 5.18. The van der Waals surface area contributed by atoms with E-state index in [2.05, 4.69) is 15.5 Å². The number of amides is 2. The molecule has 3 fully saturated rings. The number of aromatic amines is 1. The molecule has 2 amide bonds. The quantitative estimate of drug-likeness (QED) is 0.761. The molecule has 2 N–H and O–H groups in total. The SMILES string of the molecule is O=C(/C=C/c1ccccc1)NC[C@H]1[C@H]2CN(C(=O)c3ccn[nH]3)C[C@]23CC[C@H]1O3. The van der Waals surface area contributed by atoms with Gasteiger partial charge in [-0.2, -0.15) is 5.10 Å². The highest BCUT2D eigenvalue weighted by atomic mass is 16.5. The molecular formula is C22H24N4O3. The Morgan fingerprint density at radius 1 is 1.31 bits per heavy atom. The molecule has 3 saturated heterocycles. The number of fused-ring (bicyclic) bond motifs is 1. The first-order chi connectivity index (χ1) is 14.1. The summed E-state index contributed by atoms with van der Waals surface area (Å²) in [6.07, 6.45) is 7.11. The number of ether oxygens (including phenoxy) is 1. The average molecular weight is 392 g/mol. The van der Waals surface area contributed by atoms with Gasteiger partial charge in [0.1, 0.15) is 5.69 Å². The first kappa shape index (κ1) is 18.1. The summed E-state index contributed by atoms with van der Waals surface area (Å²) in [7, 11) is 0. The molecule has 0 saturated carbocycles. The summed E-state index contributed by atoms with van der Waals surface area (Å²) in [6, 6.07) is 11.5. The van der Waals surface area contributed by atoms with Crippen molar-refractivity contribution in [1.29, 1.82) is 0 Å². The standard InChI is InChI=1S/C22H24N4O3/c27-20(7-6-15-4-2-1-3-5-15)23-12-16-17-13-26(21(28)18-9-11-24-25-18)14-22(17)10-8-19(16)29-22/h1-7,9,11,16-17,19H,8,10,12-14H2,(H,23,27)(H,24,25)/b7-6+/t16-,17+,19+,22+/m0/s1. The summed E-state index contributed by atoms with van der Waals surface area (Å²) in [4.78, 5) is 26.9. The molecule has 0 radical (unpaired) electrons. The lowest BCUT2D eigenvalue weighted by molar-refractivity contribution is -0.116. The second-order valence-corrected chi connectivity index (χ2v) is 8.18. The van der Waals surface area contributed by atoms with Gasteiger partial charge in [0, 0.05) is 37.2 Å². The molecule has 1 aromatic heterocycles. The van der Waals surface area contributed by atoms with Crippen molar-refractivity contribution in [2.45, 2.75) is 24.5 Å². The van der Waals surface area contributed by atoms with Crippen molar-refractivity contribution in [2.24, 2.45) is 11.8 Å². The van der Waals surface area contributed by atoms with Gasteiger partial charge in [0.05, 0.1) is 18.2 Å². The Bertz CT molecular complexity index is 927. The Hall–Kier alpha value is -2.93. The van der Waals surface area contributed by atoms with Gasteiger partial charge in [0.25, 0.3) is 5.91 Å². The maximum absolute atomic E-state index is 12.7. The van der Waals surface area contributed by atoms with E-state index in [-0.39, 0.29) is 35.4 Å². The predicted molar refractivity (Wildman–Crippen MR) is 107 cm³/mol. The van der Waals surface area contributed by atoms with E-state index < -0.39 is 0 Å². The normalized spacial score (nSPS) is 30.1. The van der Waals surface area contributed by atoms with E-state index in [1.807, 2.05) is 41.3 Å². The molecule has 150 valence electrons. The molecule has 3 aliphatic heterocycles. The van der Waals surface area contributed by atoms with Crippen molar-refractivity contribution in [3.63, 3.8) is 0 Å². The van der Waals surface area contributed by atoms with Gasteiger partial charge in [-0.15, -0.1) is 0 Å². The van der Waals surface area contributed by atoms with E-state index in [0.29, 0.717) is 25.3 Å². The van der Waals surface area contributed by atoms with Crippen LogP contribution in [-0.2, 0) is 9.53 Å². The van der Waals surface area contributed by atoms with Gasteiger partial charge in [-0.3, -0.25) is 14.7 Å². The third kappa shape index (κ3) is 3.25. The lowest BCUT2D eigenvalue weighted by Crippen LogP contribution is -2.41. The van der Waals surface area contributed by atoms with Crippen LogP contribution in [0, 0.1) is 11.8 Å². The first-order valence-electron chi connectivity index (χ1n) is 10.1. The highest BCUT2D eigenvalue weighted by Crippen LogP contribution is 2.54. The van der Waals surface area contributed by atoms with Gasteiger partial charge in [-0.05, 0) is 30.5 Å². The van der Waals surface area contributed by atoms with E-state index >= 15 is 0 Å². The maximum Gasteiger partial charge on any atom is 0.271 e. The van der Waals surface area contributed by atoms with E-state index in [4.69, 9.17) is 4.74 Å². The van der Waals surface area contributed by atoms with Gasteiger partial charge in [-0.1, -0.05) is 30.3 Å². The molecule has 1 aromatic carbocycles. The van der Waals surface area contributed by atoms with Gasteiger partial charge in [0.2, 0.25) is 5.91 Å². The predicted octanol–water partition coefficient (Wildman–Crippen LogP) is 1.86. The summed E-state index contributed by atoms with van der Waals surface area (Å²) < 4.78 is 6.37. The Balaban J connectivity index is 1.22. The molecular weight excluding hydrogens is 368 g/mol. The largest absolute Gasteiger partial charge is 0.369 e. The van der Waals surface area contributed by atoms with Crippen molar-refractivity contribution in [1.82, 2.24) is 20.4 Å². The van der Waals surface area contributed by atoms with E-state index in [1.54, 1.807) is 18.3 Å². The second-order valence-electron chi connectivity index (χ2n) is 8.18. The van der Waals surface area contributed by atoms with E-state index in [0.717, 1.165) is 18.4 Å². The molecule has 7 heteroatoms. The van der Waals surface area contributed by atoms with Crippen molar-refractivity contribution in [2.75, 3.05) is 19.6 Å². The third-order valence-electron chi connectivity index (χ3n) is 6.54. The monoisotopic (exact) mass is 392 g/mol. The number of likely N-dealkylation sites (tertiary alicyclic amines) is 1. The number of H-pyrrole nitrogens is 1. The van der Waals surface area contributed by atoms with Crippen LogP contribution in [0.1, 0.15) is 28.9 Å². The lowest BCUT2D eigenvalue weighted by atomic mass is 9.73. The fraction of sp³-hybridized carbons (Fsp3) is 0.409. The Labute approximate surface area is 169 Å². The number of benzene rings is 1. The van der Waals surface area contributed by atoms with Gasteiger partial charge in [-0.25, -0.2) is 0 Å². The molecule has 2 aromatic rings. The Morgan fingerprint density at radius 3 is 2.97 bits per heavy atom. The number of nitrogens with zero attached hydrogens (tertiary/aromatic N) is 2. The molecule has 0 aliphatic carbocycles. The Morgan fingerprint density at radius 2 is 2.17 bits per heavy atom. The number of hydrogen-bond donors (Lipinski definition) is 2. The average Bonchev–Trinajstić information content (AvgIpc) is 3.52. The molecule has 29 heavy (non-hydrogen) atoms. The molecule has 2 bridgehead atoms. The van der Waals surface area contributed by atoms with E-state index in [9.17, 15) is 9.59 Å². The molecule has 5 rings (SSSR count). The number of hydrogen-bond acceptors (Lipinski definition) is 4. The van der Waals surface area contributed by atoms with Gasteiger partial charge >= 0.3 is 0 Å². The molecule has 3 aliphatic rings. The van der Waals surface area contributed by atoms with Gasteiger partial charge < -0.3 is 15.0 Å². The summed E-state index contributed by atoms with van der Waals surface area (Å²) in [5, 5.41) is 9.67. The number of carbonyl (C=O) groups excluding carboxylic acids is 2. The minimum Gasteiger partial charge on any atom is -0.369 e. The van der Waals surface area contributed by atoms with Crippen LogP contribution >= 0.6 is 0 Å². The zero-order chi connectivity index (χ0) is 19.8. The van der Waals surface area contributed by atoms with Crippen LogP contribution in [0.4, 0.5) is 0 Å². The van der Waals surface area contributed by atoms with Crippen LogP contribution in [0.2, 0.25) is 0 Å². The van der Waals surface area contributed by atoms with Crippen molar-refractivity contribution < 1.29 is 14.3 Å². The van der Waals surface area contributed by atoms with Crippen LogP contribution in [0.25, 0.3) is 6.08 Å². The minimum absolute atomic E-state index is 0.0353. The maximum atomic E-state index is 12.7. The highest BCUT2D eigenvalue weighted by Gasteiger charge is 2.63. The number of nitrogens with one attached hydrogen (secondary N) is 2. The second kappa shape index (κ2) is 7.15. The molecule has 0 unspecified atom stereocenters. The van der Waals surface area contributed by atoms with Crippen molar-refractivity contribution in [3.05, 3.63) is 59.9 Å². The number of aromatic nitrogens is 2. The fourth-order valence-electron chi connectivity index (χ4n) is 5.18. The van der Waals surface area contributed by atoms with Gasteiger partial charge in [0.15, 0.2) is 0 Å². The Kier molecular flexibility index (Phi) is 4.47. The van der Waals surface area contributed by atoms with Crippen LogP contribution in [0.15, 0.2) is 48.7 Å². The molecule has 1 spiro atoms. The van der Waals surface area contributed by atoms with Crippen LogP contribution < -0.4 is 5.32 Å². The topological polar surface area (TPSA) is 87.3 Å². The number of rotatable bonds is 5. The zero-order valence-electron chi connectivity index (χ0n) is 16.1. The molecule has 4 heterocycles. The van der Waals surface area contributed by atoms with Crippen molar-refractivity contribution in [3.8, 4) is 0 Å². The molecule has 4 atom stereocenters. The minimum atomic E-state index is -0.254.